The lowest BCUT2D eigenvalue weighted by Crippen LogP contribution is -2.13. The van der Waals surface area contributed by atoms with Crippen LogP contribution in [0.25, 0.3) is 0 Å². The first-order valence-corrected chi connectivity index (χ1v) is 5.23. The van der Waals surface area contributed by atoms with Gasteiger partial charge in [-0.2, -0.15) is 0 Å². The predicted molar refractivity (Wildman–Crippen MR) is 55.1 cm³/mol. The highest BCUT2D eigenvalue weighted by atomic mass is 15.4. The third kappa shape index (κ3) is 1.87. The van der Waals surface area contributed by atoms with Crippen molar-refractivity contribution in [3.63, 3.8) is 0 Å². The molecule has 1 aliphatic carbocycles. The summed E-state index contributed by atoms with van der Waals surface area (Å²) in [5.74, 6) is 1.89. The Balaban J connectivity index is 2.12. The molecular weight excluding hydrogens is 178 g/mol. The first-order valence-electron chi connectivity index (χ1n) is 5.23. The van der Waals surface area contributed by atoms with Gasteiger partial charge in [0.15, 0.2) is 0 Å². The Kier molecular flexibility index (Phi) is 2.67. The van der Waals surface area contributed by atoms with Gasteiger partial charge in [-0.25, -0.2) is 0 Å². The van der Waals surface area contributed by atoms with Crippen molar-refractivity contribution in [2.75, 3.05) is 11.9 Å². The summed E-state index contributed by atoms with van der Waals surface area (Å²) in [6, 6.07) is 0.621. The van der Waals surface area contributed by atoms with E-state index in [9.17, 15) is 0 Å². The third-order valence-electron chi connectivity index (χ3n) is 2.42. The summed E-state index contributed by atoms with van der Waals surface area (Å²) in [7, 11) is 0. The maximum Gasteiger partial charge on any atom is 0.224 e. The van der Waals surface area contributed by atoms with Crippen LogP contribution >= 0.6 is 0 Å². The van der Waals surface area contributed by atoms with Crippen LogP contribution < -0.4 is 11.1 Å². The van der Waals surface area contributed by atoms with Crippen LogP contribution in [0, 0.1) is 0 Å². The Morgan fingerprint density at radius 3 is 2.86 bits per heavy atom. The molecular formula is C9H17N5. The number of nitrogens with two attached hydrogens (primary N) is 1. The molecule has 3 N–H and O–H groups in total. The maximum atomic E-state index is 5.51. The Bertz CT molecular complexity index is 302. The molecule has 5 nitrogen and oxygen atoms in total. The van der Waals surface area contributed by atoms with Gasteiger partial charge >= 0.3 is 0 Å². The molecule has 0 bridgehead atoms. The fourth-order valence-electron chi connectivity index (χ4n) is 1.50. The molecule has 1 fully saturated rings. The summed E-state index contributed by atoms with van der Waals surface area (Å²) in [6.07, 6.45) is 3.30. The summed E-state index contributed by atoms with van der Waals surface area (Å²) < 4.78 is 2.10. The lowest BCUT2D eigenvalue weighted by atomic mass is 10.4. The van der Waals surface area contributed by atoms with Crippen molar-refractivity contribution in [1.29, 1.82) is 0 Å². The first-order chi connectivity index (χ1) is 6.85. The first kappa shape index (κ1) is 9.45. The van der Waals surface area contributed by atoms with E-state index in [0.717, 1.165) is 24.7 Å². The Morgan fingerprint density at radius 2 is 2.29 bits per heavy atom. The minimum absolute atomic E-state index is 0.621. The fourth-order valence-corrected chi connectivity index (χ4v) is 1.50. The van der Waals surface area contributed by atoms with Crippen LogP contribution in [0.4, 0.5) is 5.95 Å². The zero-order chi connectivity index (χ0) is 9.97. The Morgan fingerprint density at radius 1 is 1.50 bits per heavy atom. The summed E-state index contributed by atoms with van der Waals surface area (Å²) in [6.45, 7) is 3.63. The molecule has 0 spiro atoms. The third-order valence-corrected chi connectivity index (χ3v) is 2.42. The number of hydrogen-bond donors (Lipinski definition) is 2. The minimum atomic E-state index is 0.621. The average molecular weight is 195 g/mol. The molecule has 1 aromatic rings. The summed E-state index contributed by atoms with van der Waals surface area (Å²) in [5.41, 5.74) is 5.51. The van der Waals surface area contributed by atoms with E-state index >= 15 is 0 Å². The Hall–Kier alpha value is -1.10. The second-order valence-electron chi connectivity index (χ2n) is 3.64. The van der Waals surface area contributed by atoms with Crippen LogP contribution in [0.1, 0.15) is 25.6 Å². The largest absolute Gasteiger partial charge is 0.352 e. The second kappa shape index (κ2) is 3.96. The van der Waals surface area contributed by atoms with Crippen LogP contribution in [0.5, 0.6) is 0 Å². The van der Waals surface area contributed by atoms with Gasteiger partial charge in [-0.3, -0.25) is 4.57 Å². The standard InChI is InChI=1S/C9H17N5/c1-2-14-8(5-6-10)12-13-9(14)11-7-3-4-7/h7H,2-6,10H2,1H3,(H,11,13). The number of nitrogens with zero attached hydrogens (tertiary/aromatic N) is 3. The van der Waals surface area contributed by atoms with Crippen molar-refractivity contribution in [2.24, 2.45) is 5.73 Å². The van der Waals surface area contributed by atoms with E-state index in [-0.39, 0.29) is 0 Å². The summed E-state index contributed by atoms with van der Waals surface area (Å²) >= 11 is 0. The highest BCUT2D eigenvalue weighted by Crippen LogP contribution is 2.23. The van der Waals surface area contributed by atoms with Gasteiger partial charge in [0.2, 0.25) is 5.95 Å². The van der Waals surface area contributed by atoms with Crippen molar-refractivity contribution in [1.82, 2.24) is 14.8 Å². The molecule has 14 heavy (non-hydrogen) atoms. The molecule has 0 amide bonds. The summed E-state index contributed by atoms with van der Waals surface area (Å²) in [5, 5.41) is 11.6. The molecule has 0 unspecified atom stereocenters. The monoisotopic (exact) mass is 195 g/mol. The van der Waals surface area contributed by atoms with E-state index in [1.807, 2.05) is 0 Å². The highest BCUT2D eigenvalue weighted by molar-refractivity contribution is 5.29. The molecule has 1 heterocycles. The van der Waals surface area contributed by atoms with Crippen molar-refractivity contribution >= 4 is 5.95 Å². The zero-order valence-corrected chi connectivity index (χ0v) is 8.53. The SMILES string of the molecule is CCn1c(CCN)nnc1NC1CC1. The molecule has 1 saturated carbocycles. The van der Waals surface area contributed by atoms with E-state index in [4.69, 9.17) is 5.73 Å². The molecule has 0 aromatic carbocycles. The number of aromatic nitrogens is 3. The molecule has 0 radical (unpaired) electrons. The number of rotatable bonds is 5. The van der Waals surface area contributed by atoms with Gasteiger partial charge in [-0.15, -0.1) is 10.2 Å². The molecule has 5 heteroatoms. The van der Waals surface area contributed by atoms with Crippen LogP contribution in [-0.2, 0) is 13.0 Å². The van der Waals surface area contributed by atoms with Crippen molar-refractivity contribution in [2.45, 2.75) is 38.8 Å². The molecule has 1 aliphatic rings. The minimum Gasteiger partial charge on any atom is -0.352 e. The molecule has 0 saturated heterocycles. The van der Waals surface area contributed by atoms with E-state index in [2.05, 4.69) is 27.0 Å². The quantitative estimate of drug-likeness (QED) is 0.712. The van der Waals surface area contributed by atoms with Gasteiger partial charge in [0, 0.05) is 19.0 Å². The van der Waals surface area contributed by atoms with Gasteiger partial charge in [0.1, 0.15) is 5.82 Å². The maximum absolute atomic E-state index is 5.51. The van der Waals surface area contributed by atoms with Gasteiger partial charge in [0.25, 0.3) is 0 Å². The fraction of sp³-hybridized carbons (Fsp3) is 0.778. The molecule has 0 atom stereocenters. The van der Waals surface area contributed by atoms with Gasteiger partial charge < -0.3 is 11.1 Å². The van der Waals surface area contributed by atoms with Crippen LogP contribution in [0.3, 0.4) is 0 Å². The zero-order valence-electron chi connectivity index (χ0n) is 8.53. The molecule has 1 aromatic heterocycles. The van der Waals surface area contributed by atoms with Crippen molar-refractivity contribution in [3.05, 3.63) is 5.82 Å². The Labute approximate surface area is 83.7 Å². The normalized spacial score (nSPS) is 15.9. The summed E-state index contributed by atoms with van der Waals surface area (Å²) in [4.78, 5) is 0. The van der Waals surface area contributed by atoms with Gasteiger partial charge in [-0.1, -0.05) is 0 Å². The second-order valence-corrected chi connectivity index (χ2v) is 3.64. The van der Waals surface area contributed by atoms with Crippen LogP contribution in [-0.4, -0.2) is 27.4 Å². The van der Waals surface area contributed by atoms with Crippen LogP contribution in [0.15, 0.2) is 0 Å². The van der Waals surface area contributed by atoms with Gasteiger partial charge in [0.05, 0.1) is 0 Å². The van der Waals surface area contributed by atoms with E-state index < -0.39 is 0 Å². The molecule has 78 valence electrons. The lowest BCUT2D eigenvalue weighted by molar-refractivity contribution is 0.695. The molecule has 2 rings (SSSR count). The lowest BCUT2D eigenvalue weighted by Gasteiger charge is -2.07. The van der Waals surface area contributed by atoms with E-state index in [0.29, 0.717) is 12.6 Å². The topological polar surface area (TPSA) is 68.8 Å². The molecule has 0 aliphatic heterocycles. The smallest absolute Gasteiger partial charge is 0.224 e. The number of hydrogen-bond acceptors (Lipinski definition) is 4. The number of nitrogens with one attached hydrogen (secondary N) is 1. The van der Waals surface area contributed by atoms with Crippen LogP contribution in [0.2, 0.25) is 0 Å². The predicted octanol–water partition coefficient (Wildman–Crippen LogP) is 0.373. The van der Waals surface area contributed by atoms with E-state index in [1.165, 1.54) is 12.8 Å². The number of anilines is 1. The van der Waals surface area contributed by atoms with Crippen molar-refractivity contribution in [3.8, 4) is 0 Å². The average Bonchev–Trinajstić information content (AvgIpc) is 2.90. The van der Waals surface area contributed by atoms with Gasteiger partial charge in [-0.05, 0) is 26.3 Å². The van der Waals surface area contributed by atoms with E-state index in [1.54, 1.807) is 0 Å². The van der Waals surface area contributed by atoms with Crippen molar-refractivity contribution < 1.29 is 0 Å². The highest BCUT2D eigenvalue weighted by Gasteiger charge is 2.23.